The average molecular weight is 238 g/mol. The van der Waals surface area contributed by atoms with Gasteiger partial charge in [-0.2, -0.15) is 8.78 Å². The fourth-order valence-electron chi connectivity index (χ4n) is 1.65. The van der Waals surface area contributed by atoms with Crippen LogP contribution in [0, 0.1) is 5.82 Å². The molecule has 0 aliphatic carbocycles. The lowest BCUT2D eigenvalue weighted by atomic mass is 10.0. The fourth-order valence-corrected chi connectivity index (χ4v) is 1.65. The first-order valence-electron chi connectivity index (χ1n) is 5.01. The number of Topliss-reactive ketones (excluding diaryl/α,β-unsaturated/α-hetero) is 1. The molecule has 0 saturated carbocycles. The molecule has 88 valence electrons. The molecule has 0 fully saturated rings. The SMILES string of the molecule is CC(F)(F)C(=O)c1ccc2ccccc2c1F. The molecule has 0 radical (unpaired) electrons. The predicted octanol–water partition coefficient (Wildman–Crippen LogP) is 3.82. The van der Waals surface area contributed by atoms with Crippen molar-refractivity contribution in [1.82, 2.24) is 0 Å². The summed E-state index contributed by atoms with van der Waals surface area (Å²) in [7, 11) is 0. The molecule has 1 nitrogen and oxygen atoms in total. The second-order valence-corrected chi connectivity index (χ2v) is 3.87. The summed E-state index contributed by atoms with van der Waals surface area (Å²) < 4.78 is 39.6. The van der Waals surface area contributed by atoms with Crippen LogP contribution in [0.1, 0.15) is 17.3 Å². The van der Waals surface area contributed by atoms with Crippen LogP contribution in [0.4, 0.5) is 13.2 Å². The molecule has 0 N–H and O–H groups in total. The van der Waals surface area contributed by atoms with Crippen LogP contribution in [0.5, 0.6) is 0 Å². The molecule has 0 amide bonds. The van der Waals surface area contributed by atoms with E-state index in [0.29, 0.717) is 12.3 Å². The van der Waals surface area contributed by atoms with Gasteiger partial charge >= 0.3 is 5.92 Å². The van der Waals surface area contributed by atoms with Crippen LogP contribution in [0.2, 0.25) is 0 Å². The molecular weight excluding hydrogens is 229 g/mol. The number of fused-ring (bicyclic) bond motifs is 1. The second kappa shape index (κ2) is 3.87. The molecule has 0 saturated heterocycles. The van der Waals surface area contributed by atoms with Gasteiger partial charge in [-0.05, 0) is 11.5 Å². The molecule has 0 aliphatic heterocycles. The van der Waals surface area contributed by atoms with Gasteiger partial charge in [0.25, 0.3) is 0 Å². The number of hydrogen-bond acceptors (Lipinski definition) is 1. The number of carbonyl (C=O) groups is 1. The zero-order valence-electron chi connectivity index (χ0n) is 9.01. The van der Waals surface area contributed by atoms with Gasteiger partial charge in [0.15, 0.2) is 0 Å². The molecule has 0 spiro atoms. The number of alkyl halides is 2. The van der Waals surface area contributed by atoms with Gasteiger partial charge in [-0.25, -0.2) is 4.39 Å². The molecule has 2 rings (SSSR count). The van der Waals surface area contributed by atoms with Gasteiger partial charge in [-0.15, -0.1) is 0 Å². The maximum atomic E-state index is 13.9. The van der Waals surface area contributed by atoms with E-state index in [1.165, 1.54) is 12.1 Å². The highest BCUT2D eigenvalue weighted by Gasteiger charge is 2.35. The van der Waals surface area contributed by atoms with Crippen molar-refractivity contribution in [2.45, 2.75) is 12.8 Å². The summed E-state index contributed by atoms with van der Waals surface area (Å²) in [6.07, 6.45) is 0. The van der Waals surface area contributed by atoms with Crippen LogP contribution in [0.3, 0.4) is 0 Å². The van der Waals surface area contributed by atoms with Gasteiger partial charge in [0.05, 0.1) is 5.56 Å². The van der Waals surface area contributed by atoms with Gasteiger partial charge in [0.2, 0.25) is 5.78 Å². The minimum atomic E-state index is -3.57. The maximum absolute atomic E-state index is 13.9. The molecule has 0 bridgehead atoms. The number of rotatable bonds is 2. The minimum absolute atomic E-state index is 0.169. The van der Waals surface area contributed by atoms with Crippen molar-refractivity contribution in [3.05, 3.63) is 47.8 Å². The number of ketones is 1. The third-order valence-electron chi connectivity index (χ3n) is 2.51. The Morgan fingerprint density at radius 1 is 1.12 bits per heavy atom. The minimum Gasteiger partial charge on any atom is -0.287 e. The van der Waals surface area contributed by atoms with Crippen LogP contribution < -0.4 is 0 Å². The van der Waals surface area contributed by atoms with Crippen LogP contribution in [0.25, 0.3) is 10.8 Å². The molecule has 0 heterocycles. The first kappa shape index (κ1) is 11.6. The van der Waals surface area contributed by atoms with Gasteiger partial charge in [-0.3, -0.25) is 4.79 Å². The first-order chi connectivity index (χ1) is 7.91. The zero-order valence-corrected chi connectivity index (χ0v) is 9.01. The second-order valence-electron chi connectivity index (χ2n) is 3.87. The molecule has 4 heteroatoms. The Hall–Kier alpha value is -1.84. The standard InChI is InChI=1S/C13H9F3O/c1-13(15,16)12(17)10-7-6-8-4-2-3-5-9(8)11(10)14/h2-7H,1H3. The summed E-state index contributed by atoms with van der Waals surface area (Å²) in [6, 6.07) is 8.95. The highest BCUT2D eigenvalue weighted by molar-refractivity contribution is 6.04. The lowest BCUT2D eigenvalue weighted by molar-refractivity contribution is 0.0218. The van der Waals surface area contributed by atoms with E-state index in [1.54, 1.807) is 18.2 Å². The monoisotopic (exact) mass is 238 g/mol. The molecule has 0 unspecified atom stereocenters. The lowest BCUT2D eigenvalue weighted by Crippen LogP contribution is -2.25. The zero-order chi connectivity index (χ0) is 12.6. The highest BCUT2D eigenvalue weighted by atomic mass is 19.3. The van der Waals surface area contributed by atoms with E-state index >= 15 is 0 Å². The molecular formula is C13H9F3O. The van der Waals surface area contributed by atoms with E-state index in [-0.39, 0.29) is 5.39 Å². The molecule has 17 heavy (non-hydrogen) atoms. The van der Waals surface area contributed by atoms with E-state index in [2.05, 4.69) is 0 Å². The van der Waals surface area contributed by atoms with Crippen molar-refractivity contribution in [2.75, 3.05) is 0 Å². The normalized spacial score (nSPS) is 11.8. The van der Waals surface area contributed by atoms with Gasteiger partial charge in [0, 0.05) is 12.3 Å². The topological polar surface area (TPSA) is 17.1 Å². The van der Waals surface area contributed by atoms with Crippen LogP contribution in [-0.2, 0) is 0 Å². The summed E-state index contributed by atoms with van der Waals surface area (Å²) >= 11 is 0. The summed E-state index contributed by atoms with van der Waals surface area (Å²) in [6.45, 7) is 0.462. The number of halogens is 3. The van der Waals surface area contributed by atoms with Crippen molar-refractivity contribution in [1.29, 1.82) is 0 Å². The first-order valence-corrected chi connectivity index (χ1v) is 5.01. The summed E-state index contributed by atoms with van der Waals surface area (Å²) in [5, 5.41) is 0.739. The van der Waals surface area contributed by atoms with Crippen molar-refractivity contribution in [3.63, 3.8) is 0 Å². The molecule has 0 atom stereocenters. The molecule has 0 aliphatic rings. The Bertz CT molecular complexity index is 585. The quantitative estimate of drug-likeness (QED) is 0.727. The summed E-state index contributed by atoms with van der Waals surface area (Å²) in [4.78, 5) is 11.3. The molecule has 2 aromatic carbocycles. The van der Waals surface area contributed by atoms with E-state index < -0.39 is 23.1 Å². The highest BCUT2D eigenvalue weighted by Crippen LogP contribution is 2.26. The van der Waals surface area contributed by atoms with Crippen molar-refractivity contribution < 1.29 is 18.0 Å². The third-order valence-corrected chi connectivity index (χ3v) is 2.51. The van der Waals surface area contributed by atoms with E-state index in [1.807, 2.05) is 0 Å². The van der Waals surface area contributed by atoms with Crippen LogP contribution in [-0.4, -0.2) is 11.7 Å². The smallest absolute Gasteiger partial charge is 0.287 e. The fraction of sp³-hybridized carbons (Fsp3) is 0.154. The van der Waals surface area contributed by atoms with Gasteiger partial charge in [-0.1, -0.05) is 30.3 Å². The lowest BCUT2D eigenvalue weighted by Gasteiger charge is -2.10. The van der Waals surface area contributed by atoms with Crippen molar-refractivity contribution in [2.24, 2.45) is 0 Å². The third kappa shape index (κ3) is 2.02. The summed E-state index contributed by atoms with van der Waals surface area (Å²) in [5.41, 5.74) is -0.573. The van der Waals surface area contributed by atoms with E-state index in [4.69, 9.17) is 0 Å². The maximum Gasteiger partial charge on any atom is 0.307 e. The van der Waals surface area contributed by atoms with E-state index in [0.717, 1.165) is 6.07 Å². The van der Waals surface area contributed by atoms with Crippen LogP contribution >= 0.6 is 0 Å². The Labute approximate surface area is 95.9 Å². The van der Waals surface area contributed by atoms with Gasteiger partial charge < -0.3 is 0 Å². The Kier molecular flexibility index (Phi) is 2.65. The summed E-state index contributed by atoms with van der Waals surface area (Å²) in [5.74, 6) is -5.96. The number of benzene rings is 2. The predicted molar refractivity (Wildman–Crippen MR) is 58.9 cm³/mol. The molecule has 2 aromatic rings. The Morgan fingerprint density at radius 2 is 1.76 bits per heavy atom. The number of carbonyl (C=O) groups excluding carboxylic acids is 1. The Morgan fingerprint density at radius 3 is 2.41 bits per heavy atom. The Balaban J connectivity index is 2.65. The average Bonchev–Trinajstić information content (AvgIpc) is 2.28. The van der Waals surface area contributed by atoms with Crippen molar-refractivity contribution >= 4 is 16.6 Å². The van der Waals surface area contributed by atoms with Gasteiger partial charge in [0.1, 0.15) is 5.82 Å². The van der Waals surface area contributed by atoms with Crippen molar-refractivity contribution in [3.8, 4) is 0 Å². The van der Waals surface area contributed by atoms with E-state index in [9.17, 15) is 18.0 Å². The van der Waals surface area contributed by atoms with Crippen LogP contribution in [0.15, 0.2) is 36.4 Å². The largest absolute Gasteiger partial charge is 0.307 e. The molecule has 0 aromatic heterocycles. The number of hydrogen-bond donors (Lipinski definition) is 0.